The first-order chi connectivity index (χ1) is 5.33. The number of hydrogen-bond acceptors (Lipinski definition) is 1. The predicted octanol–water partition coefficient (Wildman–Crippen LogP) is 2.04. The molecule has 58 valence electrons. The van der Waals surface area contributed by atoms with E-state index in [0.717, 1.165) is 11.8 Å². The summed E-state index contributed by atoms with van der Waals surface area (Å²) in [7, 11) is 0. The maximum atomic E-state index is 10.2. The van der Waals surface area contributed by atoms with Gasteiger partial charge in [0, 0.05) is 0 Å². The summed E-state index contributed by atoms with van der Waals surface area (Å²) in [6, 6.07) is 9.72. The predicted molar refractivity (Wildman–Crippen MR) is 45.9 cm³/mol. The van der Waals surface area contributed by atoms with Crippen LogP contribution in [0.25, 0.3) is 0 Å². The minimum absolute atomic E-state index is 0.391. The lowest BCUT2D eigenvalue weighted by atomic mass is 10.1. The van der Waals surface area contributed by atoms with Crippen molar-refractivity contribution in [1.29, 1.82) is 0 Å². The minimum Gasteiger partial charge on any atom is -0.302 e. The molecule has 11 heavy (non-hydrogen) atoms. The fourth-order valence-electron chi connectivity index (χ4n) is 0.887. The van der Waals surface area contributed by atoms with Crippen molar-refractivity contribution in [2.24, 2.45) is 0 Å². The van der Waals surface area contributed by atoms with Crippen LogP contribution in [0.3, 0.4) is 0 Å². The molecule has 0 aliphatic heterocycles. The highest BCUT2D eigenvalue weighted by molar-refractivity contribution is 6.27. The Hall–Kier alpha value is -0.820. The molecule has 0 aliphatic rings. The van der Waals surface area contributed by atoms with Crippen molar-refractivity contribution < 1.29 is 4.79 Å². The largest absolute Gasteiger partial charge is 0.302 e. The van der Waals surface area contributed by atoms with Crippen molar-refractivity contribution in [2.75, 3.05) is 0 Å². The van der Waals surface area contributed by atoms with Gasteiger partial charge in [-0.15, -0.1) is 11.6 Å². The lowest BCUT2D eigenvalue weighted by molar-refractivity contribution is -0.107. The van der Waals surface area contributed by atoms with E-state index < -0.39 is 5.38 Å². The van der Waals surface area contributed by atoms with Crippen LogP contribution in [0, 0.1) is 0 Å². The van der Waals surface area contributed by atoms with Gasteiger partial charge in [-0.3, -0.25) is 0 Å². The standard InChI is InChI=1S/C9H9ClO/c10-9(7-11)6-8-4-2-1-3-5-8/h1-5,7,9H,6H2/t9-/m1/s1. The van der Waals surface area contributed by atoms with Crippen LogP contribution in [0.1, 0.15) is 5.56 Å². The lowest BCUT2D eigenvalue weighted by Gasteiger charge is -1.99. The molecule has 0 saturated carbocycles. The zero-order valence-electron chi connectivity index (χ0n) is 6.03. The van der Waals surface area contributed by atoms with Gasteiger partial charge in [0.25, 0.3) is 0 Å². The average molecular weight is 169 g/mol. The highest BCUT2D eigenvalue weighted by atomic mass is 35.5. The Morgan fingerprint density at radius 1 is 1.36 bits per heavy atom. The van der Waals surface area contributed by atoms with Crippen LogP contribution < -0.4 is 0 Å². The van der Waals surface area contributed by atoms with E-state index in [-0.39, 0.29) is 0 Å². The molecule has 1 aromatic rings. The fourth-order valence-corrected chi connectivity index (χ4v) is 1.07. The molecular formula is C9H9ClO. The number of aldehydes is 1. The molecular weight excluding hydrogens is 160 g/mol. The van der Waals surface area contributed by atoms with Crippen LogP contribution in [0.4, 0.5) is 0 Å². The van der Waals surface area contributed by atoms with Crippen molar-refractivity contribution in [2.45, 2.75) is 11.8 Å². The van der Waals surface area contributed by atoms with Gasteiger partial charge in [0.15, 0.2) is 0 Å². The van der Waals surface area contributed by atoms with Gasteiger partial charge >= 0.3 is 0 Å². The molecule has 0 bridgehead atoms. The van der Waals surface area contributed by atoms with E-state index in [1.807, 2.05) is 30.3 Å². The van der Waals surface area contributed by atoms with Crippen LogP contribution in [0.5, 0.6) is 0 Å². The van der Waals surface area contributed by atoms with Crippen molar-refractivity contribution in [1.82, 2.24) is 0 Å². The van der Waals surface area contributed by atoms with E-state index in [9.17, 15) is 4.79 Å². The maximum absolute atomic E-state index is 10.2. The Bertz CT molecular complexity index is 220. The molecule has 1 rings (SSSR count). The number of carbonyl (C=O) groups is 1. The van der Waals surface area contributed by atoms with Gasteiger partial charge in [-0.1, -0.05) is 30.3 Å². The van der Waals surface area contributed by atoms with E-state index >= 15 is 0 Å². The molecule has 1 atom stereocenters. The molecule has 0 heterocycles. The van der Waals surface area contributed by atoms with E-state index in [4.69, 9.17) is 11.6 Å². The molecule has 1 aromatic carbocycles. The van der Waals surface area contributed by atoms with Crippen LogP contribution in [0.2, 0.25) is 0 Å². The number of benzene rings is 1. The fraction of sp³-hybridized carbons (Fsp3) is 0.222. The molecule has 1 nitrogen and oxygen atoms in total. The highest BCUT2D eigenvalue weighted by Gasteiger charge is 2.01. The first-order valence-electron chi connectivity index (χ1n) is 3.46. The van der Waals surface area contributed by atoms with E-state index in [2.05, 4.69) is 0 Å². The van der Waals surface area contributed by atoms with Crippen LogP contribution in [-0.2, 0) is 11.2 Å². The third-order valence-corrected chi connectivity index (χ3v) is 1.68. The minimum atomic E-state index is -0.391. The van der Waals surface area contributed by atoms with Crippen LogP contribution in [0.15, 0.2) is 30.3 Å². The van der Waals surface area contributed by atoms with Gasteiger partial charge in [-0.25, -0.2) is 0 Å². The van der Waals surface area contributed by atoms with E-state index in [0.29, 0.717) is 6.42 Å². The van der Waals surface area contributed by atoms with Crippen molar-refractivity contribution in [3.63, 3.8) is 0 Å². The average Bonchev–Trinajstić information content (AvgIpc) is 2.06. The third-order valence-electron chi connectivity index (χ3n) is 1.42. The summed E-state index contributed by atoms with van der Waals surface area (Å²) in [6.45, 7) is 0. The summed E-state index contributed by atoms with van der Waals surface area (Å²) in [5.74, 6) is 0. The quantitative estimate of drug-likeness (QED) is 0.499. The van der Waals surface area contributed by atoms with Crippen LogP contribution in [-0.4, -0.2) is 11.7 Å². The second-order valence-electron chi connectivity index (χ2n) is 2.34. The molecule has 2 heteroatoms. The summed E-state index contributed by atoms with van der Waals surface area (Å²) in [5, 5.41) is -0.391. The summed E-state index contributed by atoms with van der Waals surface area (Å²) in [4.78, 5) is 10.2. The molecule has 0 fully saturated rings. The normalized spacial score (nSPS) is 12.5. The first-order valence-corrected chi connectivity index (χ1v) is 3.90. The summed E-state index contributed by atoms with van der Waals surface area (Å²) in [5.41, 5.74) is 1.10. The maximum Gasteiger partial charge on any atom is 0.138 e. The first kappa shape index (κ1) is 8.28. The highest BCUT2D eigenvalue weighted by Crippen LogP contribution is 2.05. The second-order valence-corrected chi connectivity index (χ2v) is 2.90. The molecule has 0 amide bonds. The molecule has 0 unspecified atom stereocenters. The van der Waals surface area contributed by atoms with Crippen molar-refractivity contribution >= 4 is 17.9 Å². The molecule has 0 spiro atoms. The molecule has 0 aliphatic carbocycles. The molecule has 0 N–H and O–H groups in total. The number of hydrogen-bond donors (Lipinski definition) is 0. The van der Waals surface area contributed by atoms with Gasteiger partial charge in [0.1, 0.15) is 6.29 Å². The van der Waals surface area contributed by atoms with E-state index in [1.165, 1.54) is 0 Å². The van der Waals surface area contributed by atoms with Gasteiger partial charge in [0.05, 0.1) is 5.38 Å². The van der Waals surface area contributed by atoms with Crippen LogP contribution >= 0.6 is 11.6 Å². The lowest BCUT2D eigenvalue weighted by Crippen LogP contribution is -2.03. The SMILES string of the molecule is O=C[C@H](Cl)Cc1ccccc1. The topological polar surface area (TPSA) is 17.1 Å². The Morgan fingerprint density at radius 3 is 2.55 bits per heavy atom. The Morgan fingerprint density at radius 2 is 2.00 bits per heavy atom. The number of rotatable bonds is 3. The van der Waals surface area contributed by atoms with Gasteiger partial charge in [-0.2, -0.15) is 0 Å². The van der Waals surface area contributed by atoms with Gasteiger partial charge in [-0.05, 0) is 12.0 Å². The third kappa shape index (κ3) is 2.72. The molecule has 0 saturated heterocycles. The van der Waals surface area contributed by atoms with Gasteiger partial charge in [0.2, 0.25) is 0 Å². The monoisotopic (exact) mass is 168 g/mol. The molecule has 0 aromatic heterocycles. The van der Waals surface area contributed by atoms with Gasteiger partial charge < -0.3 is 4.79 Å². The molecule has 0 radical (unpaired) electrons. The summed E-state index contributed by atoms with van der Waals surface area (Å²) >= 11 is 5.63. The number of carbonyl (C=O) groups excluding carboxylic acids is 1. The zero-order chi connectivity index (χ0) is 8.10. The zero-order valence-corrected chi connectivity index (χ0v) is 6.79. The second kappa shape index (κ2) is 4.14. The number of alkyl halides is 1. The summed E-state index contributed by atoms with van der Waals surface area (Å²) in [6.07, 6.45) is 1.38. The Labute approximate surface area is 71.0 Å². The van der Waals surface area contributed by atoms with Crippen molar-refractivity contribution in [3.05, 3.63) is 35.9 Å². The Kier molecular flexibility index (Phi) is 3.12. The smallest absolute Gasteiger partial charge is 0.138 e. The Balaban J connectivity index is 2.57. The summed E-state index contributed by atoms with van der Waals surface area (Å²) < 4.78 is 0. The van der Waals surface area contributed by atoms with E-state index in [1.54, 1.807) is 0 Å². The number of halogens is 1. The van der Waals surface area contributed by atoms with Crippen molar-refractivity contribution in [3.8, 4) is 0 Å².